The van der Waals surface area contributed by atoms with Crippen LogP contribution in [0.25, 0.3) is 10.9 Å². The van der Waals surface area contributed by atoms with Gasteiger partial charge in [-0.25, -0.2) is 0 Å². The highest BCUT2D eigenvalue weighted by Crippen LogP contribution is 2.18. The lowest BCUT2D eigenvalue weighted by Crippen LogP contribution is -2.33. The van der Waals surface area contributed by atoms with E-state index in [0.29, 0.717) is 11.9 Å². The topological polar surface area (TPSA) is 66.2 Å². The zero-order chi connectivity index (χ0) is 14.4. The summed E-state index contributed by atoms with van der Waals surface area (Å²) in [4.78, 5) is 7.59. The van der Waals surface area contributed by atoms with Crippen LogP contribution in [-0.4, -0.2) is 24.0 Å². The van der Waals surface area contributed by atoms with Crippen molar-refractivity contribution >= 4 is 16.9 Å². The monoisotopic (exact) mass is 272 g/mol. The highest BCUT2D eigenvalue weighted by atomic mass is 15.1. The van der Waals surface area contributed by atoms with Gasteiger partial charge in [0.1, 0.15) is 0 Å². The Labute approximate surface area is 120 Å². The number of hydrogen-bond acceptors (Lipinski definition) is 1. The largest absolute Gasteiger partial charge is 0.370 e. The van der Waals surface area contributed by atoms with Gasteiger partial charge in [0.15, 0.2) is 5.96 Å². The van der Waals surface area contributed by atoms with E-state index < -0.39 is 0 Å². The molecular formula is C16H24N4. The van der Waals surface area contributed by atoms with Crippen LogP contribution in [-0.2, 0) is 6.42 Å². The summed E-state index contributed by atoms with van der Waals surface area (Å²) < 4.78 is 0. The fraction of sp³-hybridized carbons (Fsp3) is 0.438. The Morgan fingerprint density at radius 1 is 1.35 bits per heavy atom. The Balaban J connectivity index is 1.77. The molecule has 2 rings (SSSR count). The third-order valence-electron chi connectivity index (χ3n) is 3.23. The molecule has 0 saturated heterocycles. The van der Waals surface area contributed by atoms with Crippen LogP contribution in [0, 0.1) is 5.92 Å². The first kappa shape index (κ1) is 14.4. The fourth-order valence-corrected chi connectivity index (χ4v) is 2.17. The zero-order valence-electron chi connectivity index (χ0n) is 12.3. The number of H-pyrrole nitrogens is 1. The third kappa shape index (κ3) is 4.02. The van der Waals surface area contributed by atoms with Crippen LogP contribution < -0.4 is 11.1 Å². The zero-order valence-corrected chi connectivity index (χ0v) is 12.3. The molecule has 0 radical (unpaired) electrons. The van der Waals surface area contributed by atoms with Crippen LogP contribution in [0.3, 0.4) is 0 Å². The van der Waals surface area contributed by atoms with Crippen LogP contribution in [0.15, 0.2) is 35.5 Å². The van der Waals surface area contributed by atoms with E-state index in [2.05, 4.69) is 59.6 Å². The number of benzene rings is 1. The van der Waals surface area contributed by atoms with Gasteiger partial charge in [-0.05, 0) is 30.4 Å². The summed E-state index contributed by atoms with van der Waals surface area (Å²) >= 11 is 0. The van der Waals surface area contributed by atoms with Crippen molar-refractivity contribution in [3.63, 3.8) is 0 Å². The highest BCUT2D eigenvalue weighted by molar-refractivity contribution is 5.83. The van der Waals surface area contributed by atoms with Crippen LogP contribution in [0.2, 0.25) is 0 Å². The second kappa shape index (κ2) is 6.98. The normalized spacial score (nSPS) is 12.2. The number of fused-ring (bicyclic) bond motifs is 1. The number of guanidine groups is 1. The molecule has 0 fully saturated rings. The number of aryl methyl sites for hydroxylation is 1. The van der Waals surface area contributed by atoms with Gasteiger partial charge in [0.2, 0.25) is 0 Å². The molecule has 4 N–H and O–H groups in total. The van der Waals surface area contributed by atoms with Gasteiger partial charge in [-0.2, -0.15) is 0 Å². The maximum absolute atomic E-state index is 5.80. The number of aliphatic imine (C=N–C) groups is 1. The Morgan fingerprint density at radius 3 is 2.95 bits per heavy atom. The molecule has 0 spiro atoms. The van der Waals surface area contributed by atoms with Crippen molar-refractivity contribution in [2.24, 2.45) is 16.6 Å². The standard InChI is InChI=1S/C16H24N4/c1-12(2)10-20-16(17)18-9-5-6-13-11-19-15-8-4-3-7-14(13)15/h3-4,7-8,11-12,19H,5-6,9-10H2,1-2H3,(H3,17,18,20). The van der Waals surface area contributed by atoms with Crippen molar-refractivity contribution in [2.75, 3.05) is 13.1 Å². The van der Waals surface area contributed by atoms with E-state index in [0.717, 1.165) is 25.9 Å². The van der Waals surface area contributed by atoms with Gasteiger partial charge >= 0.3 is 0 Å². The van der Waals surface area contributed by atoms with E-state index in [9.17, 15) is 0 Å². The summed E-state index contributed by atoms with van der Waals surface area (Å²) in [6.07, 6.45) is 4.18. The second-order valence-electron chi connectivity index (χ2n) is 5.51. The minimum Gasteiger partial charge on any atom is -0.370 e. The van der Waals surface area contributed by atoms with Gasteiger partial charge in [-0.3, -0.25) is 4.99 Å². The molecule has 1 aromatic heterocycles. The first-order valence-electron chi connectivity index (χ1n) is 7.25. The first-order valence-corrected chi connectivity index (χ1v) is 7.25. The molecule has 0 amide bonds. The Kier molecular flexibility index (Phi) is 5.04. The second-order valence-corrected chi connectivity index (χ2v) is 5.51. The smallest absolute Gasteiger partial charge is 0.188 e. The SMILES string of the molecule is CC(C)CN=C(N)NCCCc1c[nH]c2ccccc12. The van der Waals surface area contributed by atoms with Crippen molar-refractivity contribution < 1.29 is 0 Å². The van der Waals surface area contributed by atoms with Crippen molar-refractivity contribution in [2.45, 2.75) is 26.7 Å². The summed E-state index contributed by atoms with van der Waals surface area (Å²) in [5, 5.41) is 4.48. The van der Waals surface area contributed by atoms with Gasteiger partial charge < -0.3 is 16.0 Å². The maximum atomic E-state index is 5.80. The molecule has 2 aromatic rings. The average molecular weight is 272 g/mol. The Morgan fingerprint density at radius 2 is 2.15 bits per heavy atom. The molecular weight excluding hydrogens is 248 g/mol. The number of nitrogens with two attached hydrogens (primary N) is 1. The van der Waals surface area contributed by atoms with Crippen LogP contribution in [0.1, 0.15) is 25.8 Å². The van der Waals surface area contributed by atoms with E-state index in [4.69, 9.17) is 5.73 Å². The average Bonchev–Trinajstić information content (AvgIpc) is 2.85. The van der Waals surface area contributed by atoms with Crippen LogP contribution >= 0.6 is 0 Å². The van der Waals surface area contributed by atoms with Crippen LogP contribution in [0.5, 0.6) is 0 Å². The summed E-state index contributed by atoms with van der Waals surface area (Å²) in [5.41, 5.74) is 8.37. The fourth-order valence-electron chi connectivity index (χ4n) is 2.17. The van der Waals surface area contributed by atoms with E-state index >= 15 is 0 Å². The molecule has 1 heterocycles. The van der Waals surface area contributed by atoms with Crippen molar-refractivity contribution in [3.8, 4) is 0 Å². The first-order chi connectivity index (χ1) is 9.66. The summed E-state index contributed by atoms with van der Waals surface area (Å²) in [6.45, 7) is 5.90. The Hall–Kier alpha value is -1.97. The highest BCUT2D eigenvalue weighted by Gasteiger charge is 2.02. The van der Waals surface area contributed by atoms with Crippen molar-refractivity contribution in [3.05, 3.63) is 36.0 Å². The molecule has 0 aliphatic rings. The number of nitrogens with one attached hydrogen (secondary N) is 2. The van der Waals surface area contributed by atoms with E-state index in [-0.39, 0.29) is 0 Å². The molecule has 0 aliphatic carbocycles. The quantitative estimate of drug-likeness (QED) is 0.430. The maximum Gasteiger partial charge on any atom is 0.188 e. The van der Waals surface area contributed by atoms with Gasteiger partial charge in [0, 0.05) is 30.2 Å². The van der Waals surface area contributed by atoms with E-state index in [1.54, 1.807) is 0 Å². The van der Waals surface area contributed by atoms with Crippen LogP contribution in [0.4, 0.5) is 0 Å². The number of nitrogens with zero attached hydrogens (tertiary/aromatic N) is 1. The minimum absolute atomic E-state index is 0.543. The van der Waals surface area contributed by atoms with Gasteiger partial charge in [0.25, 0.3) is 0 Å². The van der Waals surface area contributed by atoms with Gasteiger partial charge in [-0.1, -0.05) is 32.0 Å². The minimum atomic E-state index is 0.543. The number of aromatic nitrogens is 1. The number of hydrogen-bond donors (Lipinski definition) is 3. The number of aromatic amines is 1. The summed E-state index contributed by atoms with van der Waals surface area (Å²) in [5.74, 6) is 1.10. The molecule has 108 valence electrons. The molecule has 0 atom stereocenters. The molecule has 0 aliphatic heterocycles. The van der Waals surface area contributed by atoms with Crippen molar-refractivity contribution in [1.82, 2.24) is 10.3 Å². The molecule has 4 nitrogen and oxygen atoms in total. The predicted molar refractivity (Wildman–Crippen MR) is 85.9 cm³/mol. The molecule has 1 aromatic carbocycles. The van der Waals surface area contributed by atoms with E-state index in [1.165, 1.54) is 16.5 Å². The lowest BCUT2D eigenvalue weighted by atomic mass is 10.1. The molecule has 0 bridgehead atoms. The van der Waals surface area contributed by atoms with Crippen molar-refractivity contribution in [1.29, 1.82) is 0 Å². The van der Waals surface area contributed by atoms with Gasteiger partial charge in [0.05, 0.1) is 0 Å². The molecule has 20 heavy (non-hydrogen) atoms. The third-order valence-corrected chi connectivity index (χ3v) is 3.23. The Bertz CT molecular complexity index is 569. The molecule has 0 unspecified atom stereocenters. The number of rotatable bonds is 6. The lowest BCUT2D eigenvalue weighted by molar-refractivity contribution is 0.659. The molecule has 0 saturated carbocycles. The van der Waals surface area contributed by atoms with E-state index in [1.807, 2.05) is 0 Å². The van der Waals surface area contributed by atoms with Gasteiger partial charge in [-0.15, -0.1) is 0 Å². The molecule has 4 heteroatoms. The summed E-state index contributed by atoms with van der Waals surface area (Å²) in [6, 6.07) is 8.39. The predicted octanol–water partition coefficient (Wildman–Crippen LogP) is 2.66. The summed E-state index contributed by atoms with van der Waals surface area (Å²) in [7, 11) is 0. The lowest BCUT2D eigenvalue weighted by Gasteiger charge is -2.06. The number of para-hydroxylation sites is 1.